The molecule has 2 rings (SSSR count). The number of hydrogen-bond acceptors (Lipinski definition) is 3. The number of carbonyl (C=O) groups excluding carboxylic acids is 1. The van der Waals surface area contributed by atoms with Crippen molar-refractivity contribution in [3.63, 3.8) is 0 Å². The van der Waals surface area contributed by atoms with Crippen LogP contribution in [0.4, 0.5) is 0 Å². The second-order valence-electron chi connectivity index (χ2n) is 8.36. The van der Waals surface area contributed by atoms with Gasteiger partial charge >= 0.3 is 0 Å². The Balaban J connectivity index is 0.000000675. The Morgan fingerprint density at radius 3 is 2.21 bits per heavy atom. The Hall–Kier alpha value is -3.20. The van der Waals surface area contributed by atoms with Gasteiger partial charge in [-0.1, -0.05) is 92.8 Å². The van der Waals surface area contributed by atoms with Crippen LogP contribution in [0.2, 0.25) is 0 Å². The third-order valence-electron chi connectivity index (χ3n) is 5.10. The molecule has 0 aromatic heterocycles. The van der Waals surface area contributed by atoms with Crippen molar-refractivity contribution < 1.29 is 4.79 Å². The molecule has 0 aliphatic heterocycles. The van der Waals surface area contributed by atoms with E-state index in [1.807, 2.05) is 13.0 Å². The number of carbonyl (C=O) groups is 1. The van der Waals surface area contributed by atoms with Crippen LogP contribution in [0.15, 0.2) is 90.6 Å². The monoisotopic (exact) mass is 444 g/mol. The summed E-state index contributed by atoms with van der Waals surface area (Å²) in [5, 5.41) is 4.33. The lowest BCUT2D eigenvalue weighted by Gasteiger charge is -2.11. The predicted molar refractivity (Wildman–Crippen MR) is 145 cm³/mol. The molecule has 33 heavy (non-hydrogen) atoms. The van der Waals surface area contributed by atoms with Gasteiger partial charge in [0.1, 0.15) is 5.78 Å². The number of hydrogen-bond donors (Lipinski definition) is 1. The maximum atomic E-state index is 10.2. The predicted octanol–water partition coefficient (Wildman–Crippen LogP) is 7.68. The van der Waals surface area contributed by atoms with Crippen molar-refractivity contribution in [2.24, 2.45) is 5.10 Å². The average Bonchev–Trinajstić information content (AvgIpc) is 2.79. The van der Waals surface area contributed by atoms with E-state index in [2.05, 4.69) is 79.7 Å². The molecular weight excluding hydrogens is 404 g/mol. The van der Waals surface area contributed by atoms with Crippen LogP contribution in [-0.4, -0.2) is 18.5 Å². The van der Waals surface area contributed by atoms with E-state index in [9.17, 15) is 4.79 Å². The van der Waals surface area contributed by atoms with Crippen molar-refractivity contribution in [3.8, 4) is 11.1 Å². The van der Waals surface area contributed by atoms with Gasteiger partial charge in [-0.15, -0.1) is 0 Å². The van der Waals surface area contributed by atoms with Gasteiger partial charge in [0.2, 0.25) is 0 Å². The summed E-state index contributed by atoms with van der Waals surface area (Å²) in [6, 6.07) is 17.1. The van der Waals surface area contributed by atoms with Gasteiger partial charge in [-0.25, -0.2) is 0 Å². The fourth-order valence-electron chi connectivity index (χ4n) is 3.44. The van der Waals surface area contributed by atoms with Gasteiger partial charge in [0.25, 0.3) is 0 Å². The van der Waals surface area contributed by atoms with Gasteiger partial charge in [-0.05, 0) is 62.3 Å². The Labute approximate surface area is 201 Å². The maximum Gasteiger partial charge on any atom is 0.133 e. The van der Waals surface area contributed by atoms with Crippen molar-refractivity contribution >= 4 is 11.5 Å². The molecule has 0 bridgehead atoms. The van der Waals surface area contributed by atoms with Gasteiger partial charge in [-0.3, -0.25) is 4.79 Å². The SMILES string of the molecule is C=C(C)CC(C)=O.C=C/C(=N\NC)c1ccccc1-c1ccc(CCC(=C)CCCC)cc1. The highest BCUT2D eigenvalue weighted by atomic mass is 16.1. The molecule has 3 heteroatoms. The highest BCUT2D eigenvalue weighted by Crippen LogP contribution is 2.25. The molecule has 0 aliphatic carbocycles. The second-order valence-corrected chi connectivity index (χ2v) is 8.36. The van der Waals surface area contributed by atoms with Gasteiger partial charge in [0.15, 0.2) is 0 Å². The quantitative estimate of drug-likeness (QED) is 0.207. The second kappa shape index (κ2) is 15.6. The lowest BCUT2D eigenvalue weighted by atomic mass is 9.95. The van der Waals surface area contributed by atoms with Crippen LogP contribution in [0.5, 0.6) is 0 Å². The molecule has 176 valence electrons. The van der Waals surface area contributed by atoms with Crippen LogP contribution in [0.25, 0.3) is 11.1 Å². The number of unbranched alkanes of at least 4 members (excludes halogenated alkanes) is 1. The molecule has 1 N–H and O–H groups in total. The Morgan fingerprint density at radius 2 is 1.70 bits per heavy atom. The standard InChI is InChI=1S/C24H30N2.C6H10O/c1-5-7-10-19(3)13-14-20-15-17-21(18-16-20)22-11-8-9-12-23(22)24(6-2)26-25-4;1-5(2)4-6(3)7/h6,8-9,11-12,15-18,25H,2-3,5,7,10,13-14H2,1,4H3;1,4H2,2-3H3/b26-24+;. The van der Waals surface area contributed by atoms with E-state index in [1.165, 1.54) is 35.1 Å². The maximum absolute atomic E-state index is 10.2. The summed E-state index contributed by atoms with van der Waals surface area (Å²) in [5.41, 5.74) is 10.8. The fraction of sp³-hybridized carbons (Fsp3) is 0.333. The molecule has 0 unspecified atom stereocenters. The van der Waals surface area contributed by atoms with Gasteiger partial charge in [-0.2, -0.15) is 5.10 Å². The van der Waals surface area contributed by atoms with E-state index in [1.54, 1.807) is 20.0 Å². The first kappa shape index (κ1) is 27.8. The van der Waals surface area contributed by atoms with E-state index < -0.39 is 0 Å². The summed E-state index contributed by atoms with van der Waals surface area (Å²) in [7, 11) is 1.80. The van der Waals surface area contributed by atoms with Gasteiger partial charge in [0, 0.05) is 19.0 Å². The molecule has 3 nitrogen and oxygen atoms in total. The van der Waals surface area contributed by atoms with Crippen molar-refractivity contribution in [1.29, 1.82) is 0 Å². The van der Waals surface area contributed by atoms with Crippen LogP contribution in [0, 0.1) is 0 Å². The highest BCUT2D eigenvalue weighted by molar-refractivity contribution is 6.12. The summed E-state index contributed by atoms with van der Waals surface area (Å²) < 4.78 is 0. The summed E-state index contributed by atoms with van der Waals surface area (Å²) in [4.78, 5) is 10.2. The van der Waals surface area contributed by atoms with Crippen LogP contribution < -0.4 is 5.43 Å². The number of aryl methyl sites for hydroxylation is 1. The molecule has 0 saturated carbocycles. The zero-order valence-electron chi connectivity index (χ0n) is 20.9. The zero-order valence-corrected chi connectivity index (χ0v) is 20.9. The first-order valence-electron chi connectivity index (χ1n) is 11.7. The topological polar surface area (TPSA) is 41.5 Å². The normalized spacial score (nSPS) is 10.6. The number of allylic oxidation sites excluding steroid dienone is 3. The Kier molecular flexibility index (Phi) is 13.1. The first-order chi connectivity index (χ1) is 15.8. The van der Waals surface area contributed by atoms with Crippen LogP contribution in [-0.2, 0) is 11.2 Å². The molecule has 0 atom stereocenters. The minimum Gasteiger partial charge on any atom is -0.313 e. The molecule has 2 aromatic carbocycles. The molecule has 0 amide bonds. The number of hydrazone groups is 1. The number of ketones is 1. The lowest BCUT2D eigenvalue weighted by Crippen LogP contribution is -2.05. The highest BCUT2D eigenvalue weighted by Gasteiger charge is 2.08. The molecule has 0 spiro atoms. The zero-order chi connectivity index (χ0) is 24.6. The molecule has 0 radical (unpaired) electrons. The molecule has 0 saturated heterocycles. The number of nitrogens with one attached hydrogen (secondary N) is 1. The van der Waals surface area contributed by atoms with E-state index in [-0.39, 0.29) is 5.78 Å². The van der Waals surface area contributed by atoms with Crippen LogP contribution in [0.1, 0.15) is 64.0 Å². The number of nitrogens with zero attached hydrogens (tertiary/aromatic N) is 1. The van der Waals surface area contributed by atoms with Crippen LogP contribution >= 0.6 is 0 Å². The minimum absolute atomic E-state index is 0.188. The van der Waals surface area contributed by atoms with Gasteiger partial charge in [0.05, 0.1) is 5.71 Å². The van der Waals surface area contributed by atoms with Crippen molar-refractivity contribution in [2.45, 2.75) is 59.3 Å². The summed E-state index contributed by atoms with van der Waals surface area (Å²) in [5.74, 6) is 0.188. The van der Waals surface area contributed by atoms with Crippen molar-refractivity contribution in [1.82, 2.24) is 5.43 Å². The first-order valence-corrected chi connectivity index (χ1v) is 11.7. The average molecular weight is 445 g/mol. The largest absolute Gasteiger partial charge is 0.313 e. The summed E-state index contributed by atoms with van der Waals surface area (Å²) >= 11 is 0. The Bertz CT molecular complexity index is 940. The van der Waals surface area contributed by atoms with E-state index in [0.717, 1.165) is 36.1 Å². The third-order valence-corrected chi connectivity index (χ3v) is 5.10. The van der Waals surface area contributed by atoms with Crippen molar-refractivity contribution in [2.75, 3.05) is 7.05 Å². The molecule has 0 heterocycles. The van der Waals surface area contributed by atoms with E-state index >= 15 is 0 Å². The van der Waals surface area contributed by atoms with E-state index in [4.69, 9.17) is 0 Å². The summed E-state index contributed by atoms with van der Waals surface area (Å²) in [6.45, 7) is 17.3. The number of Topliss-reactive ketones (excluding diaryl/α,β-unsaturated/α-hetero) is 1. The van der Waals surface area contributed by atoms with Crippen molar-refractivity contribution in [3.05, 3.63) is 96.6 Å². The number of rotatable bonds is 12. The van der Waals surface area contributed by atoms with Gasteiger partial charge < -0.3 is 5.43 Å². The molecule has 0 aliphatic rings. The van der Waals surface area contributed by atoms with Crippen LogP contribution in [0.3, 0.4) is 0 Å². The third kappa shape index (κ3) is 10.8. The lowest BCUT2D eigenvalue weighted by molar-refractivity contribution is -0.116. The molecule has 0 fully saturated rings. The minimum atomic E-state index is 0.188. The van der Waals surface area contributed by atoms with E-state index in [0.29, 0.717) is 6.42 Å². The molecule has 2 aromatic rings. The Morgan fingerprint density at radius 1 is 1.03 bits per heavy atom. The number of benzene rings is 2. The summed E-state index contributed by atoms with van der Waals surface area (Å²) in [6.07, 6.45) is 8.07. The molecular formula is C30H40N2O. The fourth-order valence-corrected chi connectivity index (χ4v) is 3.44. The smallest absolute Gasteiger partial charge is 0.133 e.